The van der Waals surface area contributed by atoms with Crippen molar-refractivity contribution in [1.82, 2.24) is 5.32 Å². The van der Waals surface area contributed by atoms with Gasteiger partial charge in [0.05, 0.1) is 25.9 Å². The number of hydrogen-bond donors (Lipinski definition) is 3. The summed E-state index contributed by atoms with van der Waals surface area (Å²) in [6, 6.07) is 9.84. The van der Waals surface area contributed by atoms with E-state index in [2.05, 4.69) is 5.32 Å². The molecule has 1 aromatic carbocycles. The molecule has 0 fully saturated rings. The van der Waals surface area contributed by atoms with E-state index < -0.39 is 6.10 Å². The van der Waals surface area contributed by atoms with Gasteiger partial charge in [-0.05, 0) is 12.5 Å². The van der Waals surface area contributed by atoms with E-state index in [1.165, 1.54) is 0 Å². The third kappa shape index (κ3) is 6.38. The van der Waals surface area contributed by atoms with Crippen molar-refractivity contribution < 1.29 is 14.9 Å². The molecule has 4 heteroatoms. The molecule has 0 heterocycles. The third-order valence-corrected chi connectivity index (χ3v) is 2.40. The maximum Gasteiger partial charge on any atom is 0.0897 e. The number of rotatable bonds is 8. The number of aliphatic hydroxyl groups excluding tert-OH is 2. The standard InChI is InChI=1S/C13H21NO3/c1-11(8-15)14-7-13(16)10-17-9-12-5-3-2-4-6-12/h2-6,11,13-16H,7-10H2,1H3. The highest BCUT2D eigenvalue weighted by Gasteiger charge is 2.06. The Labute approximate surface area is 102 Å². The summed E-state index contributed by atoms with van der Waals surface area (Å²) in [5.41, 5.74) is 1.09. The van der Waals surface area contributed by atoms with Crippen LogP contribution in [-0.2, 0) is 11.3 Å². The molecule has 0 saturated heterocycles. The van der Waals surface area contributed by atoms with Crippen molar-refractivity contribution in [2.75, 3.05) is 19.8 Å². The Morgan fingerprint density at radius 1 is 1.29 bits per heavy atom. The lowest BCUT2D eigenvalue weighted by Gasteiger charge is -2.15. The van der Waals surface area contributed by atoms with E-state index in [0.29, 0.717) is 19.8 Å². The summed E-state index contributed by atoms with van der Waals surface area (Å²) in [5.74, 6) is 0. The van der Waals surface area contributed by atoms with Crippen molar-refractivity contribution >= 4 is 0 Å². The molecular formula is C13H21NO3. The molecule has 0 bridgehead atoms. The van der Waals surface area contributed by atoms with Gasteiger partial charge in [0.2, 0.25) is 0 Å². The van der Waals surface area contributed by atoms with Crippen molar-refractivity contribution in [3.8, 4) is 0 Å². The molecule has 0 aromatic heterocycles. The molecule has 0 amide bonds. The molecule has 2 atom stereocenters. The lowest BCUT2D eigenvalue weighted by atomic mass is 10.2. The molecule has 0 saturated carbocycles. The monoisotopic (exact) mass is 239 g/mol. The van der Waals surface area contributed by atoms with Crippen molar-refractivity contribution in [3.05, 3.63) is 35.9 Å². The fourth-order valence-corrected chi connectivity index (χ4v) is 1.35. The van der Waals surface area contributed by atoms with Crippen LogP contribution < -0.4 is 5.32 Å². The fraction of sp³-hybridized carbons (Fsp3) is 0.538. The summed E-state index contributed by atoms with van der Waals surface area (Å²) in [5, 5.41) is 21.4. The van der Waals surface area contributed by atoms with Crippen LogP contribution in [0.1, 0.15) is 12.5 Å². The van der Waals surface area contributed by atoms with Crippen LogP contribution in [0.3, 0.4) is 0 Å². The van der Waals surface area contributed by atoms with Crippen LogP contribution >= 0.6 is 0 Å². The minimum atomic E-state index is -0.548. The van der Waals surface area contributed by atoms with Gasteiger partial charge in [-0.3, -0.25) is 0 Å². The first kappa shape index (κ1) is 14.1. The van der Waals surface area contributed by atoms with Gasteiger partial charge in [-0.15, -0.1) is 0 Å². The van der Waals surface area contributed by atoms with Crippen LogP contribution in [0.2, 0.25) is 0 Å². The molecule has 2 unspecified atom stereocenters. The minimum Gasteiger partial charge on any atom is -0.395 e. The average molecular weight is 239 g/mol. The normalized spacial score (nSPS) is 14.5. The Bertz CT molecular complexity index is 292. The maximum atomic E-state index is 9.60. The number of hydrogen-bond acceptors (Lipinski definition) is 4. The van der Waals surface area contributed by atoms with Crippen LogP contribution in [0, 0.1) is 0 Å². The number of aliphatic hydroxyl groups is 2. The Morgan fingerprint density at radius 3 is 2.65 bits per heavy atom. The fourth-order valence-electron chi connectivity index (χ4n) is 1.35. The molecule has 1 rings (SSSR count). The van der Waals surface area contributed by atoms with Gasteiger partial charge in [0.25, 0.3) is 0 Å². The van der Waals surface area contributed by atoms with Crippen molar-refractivity contribution in [1.29, 1.82) is 0 Å². The molecule has 0 aliphatic carbocycles. The molecule has 96 valence electrons. The van der Waals surface area contributed by atoms with Gasteiger partial charge in [-0.2, -0.15) is 0 Å². The lowest BCUT2D eigenvalue weighted by Crippen LogP contribution is -2.37. The zero-order chi connectivity index (χ0) is 12.5. The summed E-state index contributed by atoms with van der Waals surface area (Å²) in [4.78, 5) is 0. The number of nitrogens with one attached hydrogen (secondary N) is 1. The van der Waals surface area contributed by atoms with Gasteiger partial charge in [-0.25, -0.2) is 0 Å². The lowest BCUT2D eigenvalue weighted by molar-refractivity contribution is 0.0269. The van der Waals surface area contributed by atoms with E-state index in [9.17, 15) is 5.11 Å². The molecule has 4 nitrogen and oxygen atoms in total. The van der Waals surface area contributed by atoms with E-state index in [1.807, 2.05) is 37.3 Å². The predicted molar refractivity (Wildman–Crippen MR) is 66.7 cm³/mol. The highest BCUT2D eigenvalue weighted by molar-refractivity contribution is 5.13. The molecule has 0 radical (unpaired) electrons. The first-order valence-corrected chi connectivity index (χ1v) is 5.86. The maximum absolute atomic E-state index is 9.60. The zero-order valence-corrected chi connectivity index (χ0v) is 10.2. The average Bonchev–Trinajstić information content (AvgIpc) is 2.37. The number of ether oxygens (including phenoxy) is 1. The SMILES string of the molecule is CC(CO)NCC(O)COCc1ccccc1. The molecule has 0 aliphatic heterocycles. The van der Waals surface area contributed by atoms with Crippen LogP contribution in [0.4, 0.5) is 0 Å². The summed E-state index contributed by atoms with van der Waals surface area (Å²) in [6.45, 7) is 3.15. The van der Waals surface area contributed by atoms with E-state index >= 15 is 0 Å². The second-order valence-corrected chi connectivity index (χ2v) is 4.15. The molecule has 3 N–H and O–H groups in total. The van der Waals surface area contributed by atoms with E-state index in [4.69, 9.17) is 9.84 Å². The summed E-state index contributed by atoms with van der Waals surface area (Å²) in [6.07, 6.45) is -0.548. The summed E-state index contributed by atoms with van der Waals surface area (Å²) in [7, 11) is 0. The van der Waals surface area contributed by atoms with E-state index in [-0.39, 0.29) is 12.6 Å². The van der Waals surface area contributed by atoms with Crippen LogP contribution in [0.15, 0.2) is 30.3 Å². The molecule has 17 heavy (non-hydrogen) atoms. The van der Waals surface area contributed by atoms with Crippen LogP contribution in [0.5, 0.6) is 0 Å². The second-order valence-electron chi connectivity index (χ2n) is 4.15. The van der Waals surface area contributed by atoms with Crippen LogP contribution in [-0.4, -0.2) is 42.1 Å². The first-order chi connectivity index (χ1) is 8.22. The van der Waals surface area contributed by atoms with Gasteiger partial charge in [0.1, 0.15) is 0 Å². The predicted octanol–water partition coefficient (Wildman–Crippen LogP) is 0.534. The van der Waals surface area contributed by atoms with Gasteiger partial charge >= 0.3 is 0 Å². The molecule has 0 spiro atoms. The zero-order valence-electron chi connectivity index (χ0n) is 10.2. The van der Waals surface area contributed by atoms with Crippen molar-refractivity contribution in [2.24, 2.45) is 0 Å². The largest absolute Gasteiger partial charge is 0.395 e. The molecule has 0 aliphatic rings. The van der Waals surface area contributed by atoms with E-state index in [1.54, 1.807) is 0 Å². The Balaban J connectivity index is 2.10. The first-order valence-electron chi connectivity index (χ1n) is 5.86. The number of benzene rings is 1. The highest BCUT2D eigenvalue weighted by atomic mass is 16.5. The quantitative estimate of drug-likeness (QED) is 0.619. The van der Waals surface area contributed by atoms with Gasteiger partial charge < -0.3 is 20.3 Å². The summed E-state index contributed by atoms with van der Waals surface area (Å²) >= 11 is 0. The smallest absolute Gasteiger partial charge is 0.0897 e. The minimum absolute atomic E-state index is 0.00114. The van der Waals surface area contributed by atoms with Crippen molar-refractivity contribution in [3.63, 3.8) is 0 Å². The van der Waals surface area contributed by atoms with Gasteiger partial charge in [0.15, 0.2) is 0 Å². The van der Waals surface area contributed by atoms with Crippen LogP contribution in [0.25, 0.3) is 0 Å². The highest BCUT2D eigenvalue weighted by Crippen LogP contribution is 2.00. The summed E-state index contributed by atoms with van der Waals surface area (Å²) < 4.78 is 5.39. The Hall–Kier alpha value is -0.940. The topological polar surface area (TPSA) is 61.7 Å². The van der Waals surface area contributed by atoms with Gasteiger partial charge in [-0.1, -0.05) is 30.3 Å². The third-order valence-electron chi connectivity index (χ3n) is 2.40. The Morgan fingerprint density at radius 2 is 2.00 bits per heavy atom. The van der Waals surface area contributed by atoms with E-state index in [0.717, 1.165) is 5.56 Å². The van der Waals surface area contributed by atoms with Gasteiger partial charge in [0, 0.05) is 12.6 Å². The second kappa shape index (κ2) is 8.20. The molecular weight excluding hydrogens is 218 g/mol. The molecule has 1 aromatic rings. The Kier molecular flexibility index (Phi) is 6.81. The van der Waals surface area contributed by atoms with Crippen molar-refractivity contribution in [2.45, 2.75) is 25.7 Å².